The molecule has 0 bridgehead atoms. The Balaban J connectivity index is 1.50. The van der Waals surface area contributed by atoms with Gasteiger partial charge in [-0.15, -0.1) is 0 Å². The first-order chi connectivity index (χ1) is 14.5. The van der Waals surface area contributed by atoms with E-state index < -0.39 is 10.0 Å². The molecule has 0 radical (unpaired) electrons. The topological polar surface area (TPSA) is 88.4 Å². The van der Waals surface area contributed by atoms with Gasteiger partial charge in [-0.05, 0) is 30.7 Å². The van der Waals surface area contributed by atoms with E-state index >= 15 is 0 Å². The summed E-state index contributed by atoms with van der Waals surface area (Å²) in [6, 6.07) is 13.9. The van der Waals surface area contributed by atoms with E-state index in [4.69, 9.17) is 0 Å². The molecule has 3 heterocycles. The van der Waals surface area contributed by atoms with Gasteiger partial charge in [0.1, 0.15) is 0 Å². The lowest BCUT2D eigenvalue weighted by Crippen LogP contribution is -2.50. The standard InChI is InChI=1S/C21H23N5O3S/c1-2-19-18(16-23-26(19)20-10-6-7-11-22-20)21(27)24-12-14-25(15-13-24)30(28,29)17-8-4-3-5-9-17/h3-11,16H,2,12-15H2,1H3. The molecule has 0 unspecified atom stereocenters. The van der Waals surface area contributed by atoms with Crippen LogP contribution in [0.25, 0.3) is 5.82 Å². The number of pyridine rings is 1. The van der Waals surface area contributed by atoms with Crippen LogP contribution in [0.3, 0.4) is 0 Å². The highest BCUT2D eigenvalue weighted by Crippen LogP contribution is 2.20. The van der Waals surface area contributed by atoms with Crippen molar-refractivity contribution in [2.75, 3.05) is 26.2 Å². The zero-order valence-corrected chi connectivity index (χ0v) is 17.5. The van der Waals surface area contributed by atoms with Gasteiger partial charge in [0.25, 0.3) is 5.91 Å². The Morgan fingerprint density at radius 2 is 1.70 bits per heavy atom. The third kappa shape index (κ3) is 3.73. The minimum absolute atomic E-state index is 0.134. The number of rotatable bonds is 5. The SMILES string of the molecule is CCc1c(C(=O)N2CCN(S(=O)(=O)c3ccccc3)CC2)cnn1-c1ccccn1. The molecule has 1 aliphatic heterocycles. The van der Waals surface area contributed by atoms with Gasteiger partial charge in [-0.1, -0.05) is 31.2 Å². The molecule has 0 spiro atoms. The number of amides is 1. The van der Waals surface area contributed by atoms with Gasteiger partial charge in [-0.25, -0.2) is 18.1 Å². The van der Waals surface area contributed by atoms with Gasteiger partial charge in [0.2, 0.25) is 10.0 Å². The highest BCUT2D eigenvalue weighted by Gasteiger charge is 2.31. The molecule has 4 rings (SSSR count). The Morgan fingerprint density at radius 1 is 1.00 bits per heavy atom. The zero-order valence-electron chi connectivity index (χ0n) is 16.7. The summed E-state index contributed by atoms with van der Waals surface area (Å²) in [6.07, 6.45) is 3.88. The van der Waals surface area contributed by atoms with Crippen molar-refractivity contribution in [1.29, 1.82) is 0 Å². The fourth-order valence-corrected chi connectivity index (χ4v) is 5.06. The average molecular weight is 426 g/mol. The maximum atomic E-state index is 13.1. The van der Waals surface area contributed by atoms with Crippen LogP contribution in [-0.2, 0) is 16.4 Å². The minimum atomic E-state index is -3.55. The van der Waals surface area contributed by atoms with Crippen molar-refractivity contribution >= 4 is 15.9 Å². The van der Waals surface area contributed by atoms with Crippen molar-refractivity contribution < 1.29 is 13.2 Å². The lowest BCUT2D eigenvalue weighted by molar-refractivity contribution is 0.0696. The van der Waals surface area contributed by atoms with Gasteiger partial charge in [-0.2, -0.15) is 9.40 Å². The molecular formula is C21H23N5O3S. The van der Waals surface area contributed by atoms with E-state index in [2.05, 4.69) is 10.1 Å². The summed E-state index contributed by atoms with van der Waals surface area (Å²) in [7, 11) is -3.55. The van der Waals surface area contributed by atoms with Crippen molar-refractivity contribution in [2.24, 2.45) is 0 Å². The van der Waals surface area contributed by atoms with Crippen molar-refractivity contribution in [2.45, 2.75) is 18.2 Å². The molecular weight excluding hydrogens is 402 g/mol. The van der Waals surface area contributed by atoms with Crippen LogP contribution >= 0.6 is 0 Å². The van der Waals surface area contributed by atoms with Crippen molar-refractivity contribution in [3.05, 3.63) is 72.2 Å². The fraction of sp³-hybridized carbons (Fsp3) is 0.286. The van der Waals surface area contributed by atoms with Crippen LogP contribution in [0.15, 0.2) is 65.8 Å². The van der Waals surface area contributed by atoms with E-state index in [0.717, 1.165) is 5.69 Å². The number of piperazine rings is 1. The Morgan fingerprint density at radius 3 is 2.33 bits per heavy atom. The minimum Gasteiger partial charge on any atom is -0.336 e. The van der Waals surface area contributed by atoms with Crippen LogP contribution in [-0.4, -0.2) is 64.5 Å². The summed E-state index contributed by atoms with van der Waals surface area (Å²) in [5.41, 5.74) is 1.32. The lowest BCUT2D eigenvalue weighted by Gasteiger charge is -2.34. The number of carbonyl (C=O) groups excluding carboxylic acids is 1. The number of carbonyl (C=O) groups is 1. The first-order valence-electron chi connectivity index (χ1n) is 9.85. The van der Waals surface area contributed by atoms with Gasteiger partial charge in [-0.3, -0.25) is 4.79 Å². The molecule has 1 fully saturated rings. The van der Waals surface area contributed by atoms with Crippen LogP contribution < -0.4 is 0 Å². The Hall–Kier alpha value is -3.04. The second-order valence-electron chi connectivity index (χ2n) is 6.97. The third-order valence-electron chi connectivity index (χ3n) is 5.21. The third-order valence-corrected chi connectivity index (χ3v) is 7.12. The van der Waals surface area contributed by atoms with E-state index in [9.17, 15) is 13.2 Å². The molecule has 0 saturated carbocycles. The largest absolute Gasteiger partial charge is 0.336 e. The van der Waals surface area contributed by atoms with Gasteiger partial charge < -0.3 is 4.90 Å². The first-order valence-corrected chi connectivity index (χ1v) is 11.3. The first kappa shape index (κ1) is 20.2. The molecule has 9 heteroatoms. The number of hydrogen-bond donors (Lipinski definition) is 0. The number of benzene rings is 1. The Bertz CT molecular complexity index is 1120. The molecule has 3 aromatic rings. The molecule has 0 aliphatic carbocycles. The van der Waals surface area contributed by atoms with Crippen molar-refractivity contribution in [1.82, 2.24) is 24.0 Å². The van der Waals surface area contributed by atoms with Crippen molar-refractivity contribution in [3.8, 4) is 5.82 Å². The van der Waals surface area contributed by atoms with Gasteiger partial charge in [0.05, 0.1) is 22.3 Å². The molecule has 1 aliphatic rings. The highest BCUT2D eigenvalue weighted by atomic mass is 32.2. The zero-order chi connectivity index (χ0) is 21.1. The van der Waals surface area contributed by atoms with E-state index in [0.29, 0.717) is 30.9 Å². The second kappa shape index (κ2) is 8.37. The molecule has 1 saturated heterocycles. The van der Waals surface area contributed by atoms with E-state index in [-0.39, 0.29) is 23.9 Å². The van der Waals surface area contributed by atoms with Crippen LogP contribution in [0, 0.1) is 0 Å². The number of aromatic nitrogens is 3. The van der Waals surface area contributed by atoms with Crippen LogP contribution in [0.5, 0.6) is 0 Å². The average Bonchev–Trinajstić information content (AvgIpc) is 3.24. The lowest BCUT2D eigenvalue weighted by atomic mass is 10.1. The smallest absolute Gasteiger partial charge is 0.257 e. The van der Waals surface area contributed by atoms with E-state index in [1.165, 1.54) is 4.31 Å². The Labute approximate surface area is 175 Å². The number of nitrogens with zero attached hydrogens (tertiary/aromatic N) is 5. The van der Waals surface area contributed by atoms with E-state index in [1.54, 1.807) is 52.3 Å². The van der Waals surface area contributed by atoms with E-state index in [1.807, 2.05) is 25.1 Å². The molecule has 1 amide bonds. The predicted octanol–water partition coefficient (Wildman–Crippen LogP) is 1.98. The molecule has 156 valence electrons. The summed E-state index contributed by atoms with van der Waals surface area (Å²) in [5.74, 6) is 0.526. The molecule has 0 atom stereocenters. The maximum absolute atomic E-state index is 13.1. The summed E-state index contributed by atoms with van der Waals surface area (Å²) in [6.45, 7) is 3.17. The summed E-state index contributed by atoms with van der Waals surface area (Å²) >= 11 is 0. The quantitative estimate of drug-likeness (QED) is 0.624. The maximum Gasteiger partial charge on any atom is 0.257 e. The predicted molar refractivity (Wildman–Crippen MR) is 112 cm³/mol. The molecule has 8 nitrogen and oxygen atoms in total. The van der Waals surface area contributed by atoms with Crippen LogP contribution in [0.4, 0.5) is 0 Å². The summed E-state index contributed by atoms with van der Waals surface area (Å²) in [4.78, 5) is 19.4. The van der Waals surface area contributed by atoms with Crippen LogP contribution in [0.2, 0.25) is 0 Å². The molecule has 2 aromatic heterocycles. The molecule has 1 aromatic carbocycles. The van der Waals surface area contributed by atoms with Gasteiger partial charge >= 0.3 is 0 Å². The van der Waals surface area contributed by atoms with Gasteiger partial charge in [0.15, 0.2) is 5.82 Å². The normalized spacial score (nSPS) is 15.3. The second-order valence-corrected chi connectivity index (χ2v) is 8.91. The molecule has 30 heavy (non-hydrogen) atoms. The fourth-order valence-electron chi connectivity index (χ4n) is 3.61. The van der Waals surface area contributed by atoms with Gasteiger partial charge in [0, 0.05) is 32.4 Å². The Kier molecular flexibility index (Phi) is 5.65. The summed E-state index contributed by atoms with van der Waals surface area (Å²) < 4.78 is 28.7. The summed E-state index contributed by atoms with van der Waals surface area (Å²) in [5, 5.41) is 4.37. The monoisotopic (exact) mass is 425 g/mol. The number of sulfonamides is 1. The highest BCUT2D eigenvalue weighted by molar-refractivity contribution is 7.89. The molecule has 0 N–H and O–H groups in total. The number of hydrogen-bond acceptors (Lipinski definition) is 5. The van der Waals surface area contributed by atoms with Crippen LogP contribution in [0.1, 0.15) is 23.0 Å². The van der Waals surface area contributed by atoms with Crippen molar-refractivity contribution in [3.63, 3.8) is 0 Å².